The zero-order chi connectivity index (χ0) is 20.8. The second-order valence-electron chi connectivity index (χ2n) is 7.03. The van der Waals surface area contributed by atoms with Crippen LogP contribution >= 0.6 is 11.3 Å². The standard InChI is InChI=1S/C23H27N3O3S/c1-27-19-7-3-17(4-8-19)21-22(18-5-9-20(28-2)10-6-18)30-23(25-21)24-11-12-26-13-15-29-16-14-26/h3-10H,11-16H2,1-2H3,(H,24,25). The lowest BCUT2D eigenvalue weighted by molar-refractivity contribution is 0.0398. The number of hydrogen-bond acceptors (Lipinski definition) is 7. The SMILES string of the molecule is COc1ccc(-c2nc(NCCN3CCOCC3)sc2-c2ccc(OC)cc2)cc1. The third kappa shape index (κ3) is 4.92. The molecule has 1 aliphatic rings. The van der Waals surface area contributed by atoms with Gasteiger partial charge >= 0.3 is 0 Å². The van der Waals surface area contributed by atoms with Gasteiger partial charge in [-0.2, -0.15) is 0 Å². The van der Waals surface area contributed by atoms with Crippen molar-refractivity contribution in [1.82, 2.24) is 9.88 Å². The van der Waals surface area contributed by atoms with E-state index in [-0.39, 0.29) is 0 Å². The Labute approximate surface area is 181 Å². The summed E-state index contributed by atoms with van der Waals surface area (Å²) in [5, 5.41) is 4.44. The largest absolute Gasteiger partial charge is 0.497 e. The Bertz CT molecular complexity index is 870. The Kier molecular flexibility index (Phi) is 6.84. The van der Waals surface area contributed by atoms with E-state index in [1.807, 2.05) is 24.3 Å². The van der Waals surface area contributed by atoms with E-state index in [0.717, 1.165) is 77.7 Å². The predicted octanol–water partition coefficient (Wildman–Crippen LogP) is 4.24. The Morgan fingerprint density at radius 3 is 2.13 bits per heavy atom. The maximum absolute atomic E-state index is 5.42. The summed E-state index contributed by atoms with van der Waals surface area (Å²) in [5.41, 5.74) is 3.17. The summed E-state index contributed by atoms with van der Waals surface area (Å²) in [6.45, 7) is 5.47. The molecule has 1 aliphatic heterocycles. The van der Waals surface area contributed by atoms with Gasteiger partial charge in [0, 0.05) is 31.7 Å². The number of nitrogens with one attached hydrogen (secondary N) is 1. The zero-order valence-electron chi connectivity index (χ0n) is 17.4. The van der Waals surface area contributed by atoms with Gasteiger partial charge < -0.3 is 19.5 Å². The van der Waals surface area contributed by atoms with Crippen LogP contribution in [0.2, 0.25) is 0 Å². The molecule has 1 N–H and O–H groups in total. The summed E-state index contributed by atoms with van der Waals surface area (Å²) < 4.78 is 16.0. The van der Waals surface area contributed by atoms with Crippen LogP contribution in [0.4, 0.5) is 5.13 Å². The van der Waals surface area contributed by atoms with Crippen molar-refractivity contribution in [2.24, 2.45) is 0 Å². The summed E-state index contributed by atoms with van der Waals surface area (Å²) >= 11 is 1.68. The van der Waals surface area contributed by atoms with Crippen LogP contribution in [0.3, 0.4) is 0 Å². The van der Waals surface area contributed by atoms with Gasteiger partial charge in [0.25, 0.3) is 0 Å². The maximum atomic E-state index is 5.42. The van der Waals surface area contributed by atoms with Crippen LogP contribution in [-0.4, -0.2) is 63.5 Å². The first-order valence-corrected chi connectivity index (χ1v) is 10.9. The molecule has 1 fully saturated rings. The summed E-state index contributed by atoms with van der Waals surface area (Å²) in [4.78, 5) is 8.48. The van der Waals surface area contributed by atoms with Crippen molar-refractivity contribution in [2.75, 3.05) is 58.9 Å². The lowest BCUT2D eigenvalue weighted by Gasteiger charge is -2.26. The summed E-state index contributed by atoms with van der Waals surface area (Å²) in [5.74, 6) is 1.68. The average molecular weight is 426 g/mol. The number of ether oxygens (including phenoxy) is 3. The molecule has 0 amide bonds. The molecular weight excluding hydrogens is 398 g/mol. The Morgan fingerprint density at radius 2 is 1.53 bits per heavy atom. The van der Waals surface area contributed by atoms with Gasteiger partial charge in [0.05, 0.1) is 38.0 Å². The van der Waals surface area contributed by atoms with Gasteiger partial charge in [-0.05, 0) is 54.1 Å². The second kappa shape index (κ2) is 9.93. The number of hydrogen-bond donors (Lipinski definition) is 1. The van der Waals surface area contributed by atoms with E-state index in [1.54, 1.807) is 25.6 Å². The molecule has 1 aromatic heterocycles. The Morgan fingerprint density at radius 1 is 0.933 bits per heavy atom. The number of anilines is 1. The summed E-state index contributed by atoms with van der Waals surface area (Å²) in [6, 6.07) is 16.2. The number of morpholine rings is 1. The van der Waals surface area contributed by atoms with E-state index < -0.39 is 0 Å². The molecule has 7 heteroatoms. The number of benzene rings is 2. The highest BCUT2D eigenvalue weighted by atomic mass is 32.1. The summed E-state index contributed by atoms with van der Waals surface area (Å²) in [6.07, 6.45) is 0. The van der Waals surface area contributed by atoms with Crippen molar-refractivity contribution in [2.45, 2.75) is 0 Å². The van der Waals surface area contributed by atoms with Gasteiger partial charge in [0.2, 0.25) is 0 Å². The molecule has 1 saturated heterocycles. The molecule has 0 aliphatic carbocycles. The lowest BCUT2D eigenvalue weighted by atomic mass is 10.1. The predicted molar refractivity (Wildman–Crippen MR) is 122 cm³/mol. The third-order valence-electron chi connectivity index (χ3n) is 5.15. The van der Waals surface area contributed by atoms with E-state index in [1.165, 1.54) is 0 Å². The van der Waals surface area contributed by atoms with E-state index in [2.05, 4.69) is 34.5 Å². The highest BCUT2D eigenvalue weighted by molar-refractivity contribution is 7.19. The highest BCUT2D eigenvalue weighted by Gasteiger charge is 2.16. The fourth-order valence-electron chi connectivity index (χ4n) is 3.42. The van der Waals surface area contributed by atoms with Crippen LogP contribution in [0.25, 0.3) is 21.7 Å². The number of methoxy groups -OCH3 is 2. The van der Waals surface area contributed by atoms with Crippen LogP contribution in [-0.2, 0) is 4.74 Å². The molecule has 6 nitrogen and oxygen atoms in total. The molecule has 0 saturated carbocycles. The normalized spacial score (nSPS) is 14.5. The molecule has 3 aromatic rings. The molecule has 0 bridgehead atoms. The molecule has 4 rings (SSSR count). The third-order valence-corrected chi connectivity index (χ3v) is 6.21. The molecule has 0 unspecified atom stereocenters. The molecule has 0 atom stereocenters. The first kappa shape index (κ1) is 20.7. The van der Waals surface area contributed by atoms with E-state index in [4.69, 9.17) is 19.2 Å². The minimum absolute atomic E-state index is 0.820. The van der Waals surface area contributed by atoms with Gasteiger partial charge in [-0.15, -0.1) is 0 Å². The van der Waals surface area contributed by atoms with Crippen molar-refractivity contribution in [3.63, 3.8) is 0 Å². The molecule has 2 aromatic carbocycles. The topological polar surface area (TPSA) is 55.9 Å². The van der Waals surface area contributed by atoms with Crippen LogP contribution in [0.15, 0.2) is 48.5 Å². The quantitative estimate of drug-likeness (QED) is 0.583. The van der Waals surface area contributed by atoms with Crippen LogP contribution in [0, 0.1) is 0 Å². The van der Waals surface area contributed by atoms with Crippen molar-refractivity contribution in [3.8, 4) is 33.2 Å². The molecular formula is C23H27N3O3S. The smallest absolute Gasteiger partial charge is 0.183 e. The minimum atomic E-state index is 0.820. The fraction of sp³-hybridized carbons (Fsp3) is 0.348. The molecule has 158 valence electrons. The maximum Gasteiger partial charge on any atom is 0.183 e. The van der Waals surface area contributed by atoms with Crippen LogP contribution in [0.5, 0.6) is 11.5 Å². The molecule has 0 spiro atoms. The fourth-order valence-corrected chi connectivity index (χ4v) is 4.44. The average Bonchev–Trinajstić information content (AvgIpc) is 3.24. The van der Waals surface area contributed by atoms with E-state index >= 15 is 0 Å². The number of thiazole rings is 1. The Balaban J connectivity index is 1.57. The summed E-state index contributed by atoms with van der Waals surface area (Å²) in [7, 11) is 3.36. The van der Waals surface area contributed by atoms with Crippen LogP contribution < -0.4 is 14.8 Å². The highest BCUT2D eigenvalue weighted by Crippen LogP contribution is 2.39. The van der Waals surface area contributed by atoms with Gasteiger partial charge in [0.15, 0.2) is 5.13 Å². The van der Waals surface area contributed by atoms with Crippen LogP contribution in [0.1, 0.15) is 0 Å². The van der Waals surface area contributed by atoms with Gasteiger partial charge in [-0.3, -0.25) is 4.90 Å². The van der Waals surface area contributed by atoms with E-state index in [9.17, 15) is 0 Å². The molecule has 2 heterocycles. The number of rotatable bonds is 8. The first-order chi connectivity index (χ1) is 14.8. The van der Waals surface area contributed by atoms with Gasteiger partial charge in [0.1, 0.15) is 11.5 Å². The van der Waals surface area contributed by atoms with Gasteiger partial charge in [-0.1, -0.05) is 11.3 Å². The van der Waals surface area contributed by atoms with Crippen molar-refractivity contribution in [3.05, 3.63) is 48.5 Å². The van der Waals surface area contributed by atoms with Crippen molar-refractivity contribution >= 4 is 16.5 Å². The van der Waals surface area contributed by atoms with Gasteiger partial charge in [-0.25, -0.2) is 4.98 Å². The van der Waals surface area contributed by atoms with Crippen molar-refractivity contribution < 1.29 is 14.2 Å². The Hall–Kier alpha value is -2.61. The van der Waals surface area contributed by atoms with Crippen molar-refractivity contribution in [1.29, 1.82) is 0 Å². The zero-order valence-corrected chi connectivity index (χ0v) is 18.2. The van der Waals surface area contributed by atoms with E-state index in [0.29, 0.717) is 0 Å². The minimum Gasteiger partial charge on any atom is -0.497 e. The monoisotopic (exact) mass is 425 g/mol. The number of aromatic nitrogens is 1. The number of nitrogens with zero attached hydrogens (tertiary/aromatic N) is 2. The lowest BCUT2D eigenvalue weighted by Crippen LogP contribution is -2.38. The second-order valence-corrected chi connectivity index (χ2v) is 8.03. The molecule has 30 heavy (non-hydrogen) atoms. The molecule has 0 radical (unpaired) electrons. The first-order valence-electron chi connectivity index (χ1n) is 10.1.